The van der Waals surface area contributed by atoms with Gasteiger partial charge in [0.2, 0.25) is 6.79 Å². The fraction of sp³-hybridized carbons (Fsp3) is 0.0833. The first-order valence-electron chi connectivity index (χ1n) is 5.58. The largest absolute Gasteiger partial charge is 0.454 e. The van der Waals surface area contributed by atoms with Crippen LogP contribution < -0.4 is 14.2 Å². The van der Waals surface area contributed by atoms with Crippen molar-refractivity contribution in [1.82, 2.24) is 4.98 Å². The average Bonchev–Trinajstić information content (AvgIpc) is 2.85. The molecule has 0 atom stereocenters. The van der Waals surface area contributed by atoms with E-state index in [4.69, 9.17) is 9.47 Å². The van der Waals surface area contributed by atoms with Gasteiger partial charge in [0.1, 0.15) is 4.90 Å². The van der Waals surface area contributed by atoms with Gasteiger partial charge in [-0.1, -0.05) is 0 Å². The van der Waals surface area contributed by atoms with Crippen molar-refractivity contribution in [3.8, 4) is 11.5 Å². The van der Waals surface area contributed by atoms with Crippen LogP contribution >= 0.6 is 15.9 Å². The molecule has 0 saturated heterocycles. The molecule has 0 spiro atoms. The van der Waals surface area contributed by atoms with E-state index in [0.717, 1.165) is 0 Å². The zero-order valence-electron chi connectivity index (χ0n) is 10.0. The molecule has 104 valence electrons. The average molecular weight is 357 g/mol. The van der Waals surface area contributed by atoms with Crippen molar-refractivity contribution in [2.24, 2.45) is 0 Å². The molecule has 1 aromatic heterocycles. The van der Waals surface area contributed by atoms with Crippen molar-refractivity contribution >= 4 is 31.6 Å². The number of sulfonamides is 1. The Hall–Kier alpha value is -1.80. The highest BCUT2D eigenvalue weighted by Gasteiger charge is 2.18. The van der Waals surface area contributed by atoms with Gasteiger partial charge in [0.25, 0.3) is 10.0 Å². The summed E-state index contributed by atoms with van der Waals surface area (Å²) in [5.41, 5.74) is 0.397. The fourth-order valence-corrected chi connectivity index (χ4v) is 3.27. The number of anilines is 1. The van der Waals surface area contributed by atoms with Gasteiger partial charge in [0, 0.05) is 22.9 Å². The van der Waals surface area contributed by atoms with Gasteiger partial charge >= 0.3 is 0 Å². The van der Waals surface area contributed by atoms with Gasteiger partial charge in [-0.2, -0.15) is 0 Å². The number of nitrogens with zero attached hydrogens (tertiary/aromatic N) is 1. The molecule has 3 rings (SSSR count). The predicted molar refractivity (Wildman–Crippen MR) is 75.3 cm³/mol. The summed E-state index contributed by atoms with van der Waals surface area (Å²) < 4.78 is 37.8. The number of hydrogen-bond donors (Lipinski definition) is 1. The van der Waals surface area contributed by atoms with Crippen LogP contribution in [0.15, 0.2) is 46.0 Å². The van der Waals surface area contributed by atoms with Gasteiger partial charge in [-0.15, -0.1) is 0 Å². The molecule has 2 heterocycles. The highest BCUT2D eigenvalue weighted by Crippen LogP contribution is 2.34. The monoisotopic (exact) mass is 356 g/mol. The lowest BCUT2D eigenvalue weighted by Gasteiger charge is -2.08. The molecular formula is C12H9BrN2O4S. The molecule has 1 aromatic carbocycles. The Labute approximate surface area is 123 Å². The second-order valence-electron chi connectivity index (χ2n) is 4.01. The summed E-state index contributed by atoms with van der Waals surface area (Å²) in [5, 5.41) is 0. The molecule has 0 amide bonds. The molecule has 0 radical (unpaired) electrons. The van der Waals surface area contributed by atoms with Gasteiger partial charge in [-0.25, -0.2) is 8.42 Å². The lowest BCUT2D eigenvalue weighted by atomic mass is 10.3. The van der Waals surface area contributed by atoms with Gasteiger partial charge in [-0.3, -0.25) is 9.71 Å². The first-order valence-corrected chi connectivity index (χ1v) is 7.85. The summed E-state index contributed by atoms with van der Waals surface area (Å²) in [7, 11) is -3.69. The predicted octanol–water partition coefficient (Wildman–Crippen LogP) is 2.37. The van der Waals surface area contributed by atoms with Crippen molar-refractivity contribution in [2.75, 3.05) is 11.5 Å². The maximum Gasteiger partial charge on any atom is 0.263 e. The highest BCUT2D eigenvalue weighted by molar-refractivity contribution is 9.10. The van der Waals surface area contributed by atoms with Crippen molar-refractivity contribution in [3.63, 3.8) is 0 Å². The van der Waals surface area contributed by atoms with Crippen molar-refractivity contribution < 1.29 is 17.9 Å². The summed E-state index contributed by atoms with van der Waals surface area (Å²) in [6.45, 7) is 0.140. The van der Waals surface area contributed by atoms with Crippen molar-refractivity contribution in [1.29, 1.82) is 0 Å². The topological polar surface area (TPSA) is 77.5 Å². The zero-order valence-corrected chi connectivity index (χ0v) is 12.4. The molecule has 1 aliphatic heterocycles. The Kier molecular flexibility index (Phi) is 3.27. The van der Waals surface area contributed by atoms with Crippen LogP contribution in [0.25, 0.3) is 0 Å². The van der Waals surface area contributed by atoms with E-state index in [1.807, 2.05) is 0 Å². The number of nitrogens with one attached hydrogen (secondary N) is 1. The molecule has 2 aromatic rings. The van der Waals surface area contributed by atoms with E-state index in [-0.39, 0.29) is 11.7 Å². The third-order valence-electron chi connectivity index (χ3n) is 2.61. The van der Waals surface area contributed by atoms with E-state index in [9.17, 15) is 8.42 Å². The first kappa shape index (κ1) is 13.2. The van der Waals surface area contributed by atoms with E-state index in [1.54, 1.807) is 18.2 Å². The Bertz CT molecular complexity index is 764. The maximum atomic E-state index is 12.2. The highest BCUT2D eigenvalue weighted by atomic mass is 79.9. The number of pyridine rings is 1. The number of ether oxygens (including phenoxy) is 2. The normalized spacial score (nSPS) is 13.2. The van der Waals surface area contributed by atoms with Crippen LogP contribution in [0.2, 0.25) is 0 Å². The second kappa shape index (κ2) is 4.95. The van der Waals surface area contributed by atoms with E-state index >= 15 is 0 Å². The molecule has 20 heavy (non-hydrogen) atoms. The van der Waals surface area contributed by atoms with Gasteiger partial charge in [-0.05, 0) is 34.1 Å². The number of halogens is 1. The summed E-state index contributed by atoms with van der Waals surface area (Å²) >= 11 is 3.19. The van der Waals surface area contributed by atoms with Gasteiger partial charge < -0.3 is 9.47 Å². The van der Waals surface area contributed by atoms with Crippen LogP contribution in [0, 0.1) is 0 Å². The lowest BCUT2D eigenvalue weighted by molar-refractivity contribution is 0.174. The summed E-state index contributed by atoms with van der Waals surface area (Å²) in [4.78, 5) is 3.91. The van der Waals surface area contributed by atoms with Crippen LogP contribution in [0.4, 0.5) is 5.69 Å². The standard InChI is InChI=1S/C12H9BrN2O4S/c13-8-3-10(6-14-5-8)20(16,17)15-9-1-2-11-12(4-9)19-7-18-11/h1-6,15H,7H2. The number of fused-ring (bicyclic) bond motifs is 1. The smallest absolute Gasteiger partial charge is 0.263 e. The number of rotatable bonds is 3. The number of hydrogen-bond acceptors (Lipinski definition) is 5. The van der Waals surface area contributed by atoms with Crippen LogP contribution in [0.3, 0.4) is 0 Å². The minimum atomic E-state index is -3.69. The molecule has 8 heteroatoms. The second-order valence-corrected chi connectivity index (χ2v) is 6.61. The fourth-order valence-electron chi connectivity index (χ4n) is 1.71. The third-order valence-corrected chi connectivity index (χ3v) is 4.40. The summed E-state index contributed by atoms with van der Waals surface area (Å²) in [5.74, 6) is 1.11. The summed E-state index contributed by atoms with van der Waals surface area (Å²) in [6, 6.07) is 6.31. The molecule has 6 nitrogen and oxygen atoms in total. The van der Waals surface area contributed by atoms with Crippen molar-refractivity contribution in [2.45, 2.75) is 4.90 Å². The van der Waals surface area contributed by atoms with E-state index in [2.05, 4.69) is 25.6 Å². The molecule has 0 aliphatic carbocycles. The Morgan fingerprint density at radius 1 is 1.15 bits per heavy atom. The van der Waals surface area contributed by atoms with Crippen molar-refractivity contribution in [3.05, 3.63) is 41.1 Å². The van der Waals surface area contributed by atoms with E-state index in [0.29, 0.717) is 21.7 Å². The Morgan fingerprint density at radius 2 is 1.95 bits per heavy atom. The van der Waals surface area contributed by atoms with E-state index < -0.39 is 10.0 Å². The molecule has 1 N–H and O–H groups in total. The molecule has 0 unspecified atom stereocenters. The van der Waals surface area contributed by atoms with Crippen LogP contribution in [0.1, 0.15) is 0 Å². The zero-order chi connectivity index (χ0) is 14.2. The number of benzene rings is 1. The molecule has 1 aliphatic rings. The third kappa shape index (κ3) is 2.56. The molecule has 0 bridgehead atoms. The number of aromatic nitrogens is 1. The first-order chi connectivity index (χ1) is 9.54. The van der Waals surface area contributed by atoms with Gasteiger partial charge in [0.15, 0.2) is 11.5 Å². The van der Waals surface area contributed by atoms with Crippen LogP contribution in [-0.4, -0.2) is 20.2 Å². The maximum absolute atomic E-state index is 12.2. The minimum Gasteiger partial charge on any atom is -0.454 e. The minimum absolute atomic E-state index is 0.0736. The summed E-state index contributed by atoms with van der Waals surface area (Å²) in [6.07, 6.45) is 2.79. The van der Waals surface area contributed by atoms with E-state index in [1.165, 1.54) is 18.5 Å². The molecular weight excluding hydrogens is 348 g/mol. The van der Waals surface area contributed by atoms with Crippen LogP contribution in [-0.2, 0) is 10.0 Å². The molecule has 0 fully saturated rings. The lowest BCUT2D eigenvalue weighted by Crippen LogP contribution is -2.13. The Morgan fingerprint density at radius 3 is 2.75 bits per heavy atom. The molecule has 0 saturated carbocycles. The van der Waals surface area contributed by atoms with Crippen LogP contribution in [0.5, 0.6) is 11.5 Å². The SMILES string of the molecule is O=S(=O)(Nc1ccc2c(c1)OCO2)c1cncc(Br)c1. The Balaban J connectivity index is 1.90. The quantitative estimate of drug-likeness (QED) is 0.913. The van der Waals surface area contributed by atoms with Gasteiger partial charge in [0.05, 0.1) is 5.69 Å².